The average Bonchev–Trinajstić information content (AvgIpc) is 2.96. The average molecular weight is 413 g/mol. The second-order valence-corrected chi connectivity index (χ2v) is 7.02. The van der Waals surface area contributed by atoms with Crippen molar-refractivity contribution < 1.29 is 14.7 Å². The van der Waals surface area contributed by atoms with E-state index >= 15 is 0 Å². The van der Waals surface area contributed by atoms with Gasteiger partial charge in [-0.15, -0.1) is 0 Å². The van der Waals surface area contributed by atoms with Crippen LogP contribution in [0.2, 0.25) is 5.02 Å². The van der Waals surface area contributed by atoms with E-state index in [0.29, 0.717) is 22.8 Å². The number of rotatable bonds is 6. The van der Waals surface area contributed by atoms with E-state index in [-0.39, 0.29) is 12.5 Å². The highest BCUT2D eigenvalue weighted by Crippen LogP contribution is 2.21. The topological polar surface area (TPSA) is 96.3 Å². The van der Waals surface area contributed by atoms with Crippen LogP contribution in [0.25, 0.3) is 5.69 Å². The Morgan fingerprint density at radius 1 is 1.00 bits per heavy atom. The minimum atomic E-state index is -0.830. The Balaban J connectivity index is 1.68. The number of carboxylic acid groups (broad SMARTS) is 1. The number of urea groups is 1. The number of hydrogen-bond donors (Lipinski definition) is 3. The molecule has 0 saturated heterocycles. The van der Waals surface area contributed by atoms with Gasteiger partial charge in [-0.25, -0.2) is 9.48 Å². The van der Waals surface area contributed by atoms with E-state index in [1.807, 2.05) is 26.0 Å². The lowest BCUT2D eigenvalue weighted by Gasteiger charge is -2.09. The summed E-state index contributed by atoms with van der Waals surface area (Å²) >= 11 is 5.84. The van der Waals surface area contributed by atoms with Gasteiger partial charge in [-0.1, -0.05) is 11.6 Å². The van der Waals surface area contributed by atoms with E-state index < -0.39 is 5.97 Å². The van der Waals surface area contributed by atoms with Gasteiger partial charge in [0.25, 0.3) is 0 Å². The van der Waals surface area contributed by atoms with E-state index in [1.54, 1.807) is 41.1 Å². The molecule has 7 nitrogen and oxygen atoms in total. The molecule has 0 saturated carbocycles. The smallest absolute Gasteiger partial charge is 0.323 e. The van der Waals surface area contributed by atoms with Crippen molar-refractivity contribution in [1.82, 2.24) is 9.78 Å². The number of halogens is 1. The van der Waals surface area contributed by atoms with Gasteiger partial charge in [-0.05, 0) is 74.4 Å². The Labute approximate surface area is 173 Å². The third-order valence-electron chi connectivity index (χ3n) is 4.50. The molecular weight excluding hydrogens is 392 g/mol. The van der Waals surface area contributed by atoms with Crippen LogP contribution in [0.4, 0.5) is 16.2 Å². The molecule has 0 spiro atoms. The normalized spacial score (nSPS) is 10.6. The summed E-state index contributed by atoms with van der Waals surface area (Å²) in [6.07, 6.45) is 0.510. The number of aliphatic carboxylic acids is 1. The Morgan fingerprint density at radius 3 is 2.10 bits per heavy atom. The molecule has 0 fully saturated rings. The number of nitrogens with one attached hydrogen (secondary N) is 2. The fraction of sp³-hybridized carbons (Fsp3) is 0.190. The number of aromatic nitrogens is 2. The van der Waals surface area contributed by atoms with E-state index in [2.05, 4.69) is 15.7 Å². The number of anilines is 2. The third-order valence-corrected chi connectivity index (χ3v) is 4.75. The first kappa shape index (κ1) is 20.4. The zero-order valence-electron chi connectivity index (χ0n) is 16.1. The SMILES string of the molecule is Cc1nn(-c2ccc(NC(=O)Nc3ccc(Cl)cc3)cc2)c(C)c1CCC(=O)O. The van der Waals surface area contributed by atoms with Gasteiger partial charge in [-0.2, -0.15) is 5.10 Å². The van der Waals surface area contributed by atoms with E-state index in [9.17, 15) is 9.59 Å². The molecule has 0 aliphatic rings. The first-order chi connectivity index (χ1) is 13.8. The molecule has 3 rings (SSSR count). The lowest BCUT2D eigenvalue weighted by Crippen LogP contribution is -2.19. The van der Waals surface area contributed by atoms with Crippen LogP contribution in [0, 0.1) is 13.8 Å². The third kappa shape index (κ3) is 5.14. The van der Waals surface area contributed by atoms with Crippen LogP contribution < -0.4 is 10.6 Å². The number of hydrogen-bond acceptors (Lipinski definition) is 3. The number of carbonyl (C=O) groups is 2. The molecule has 3 N–H and O–H groups in total. The van der Waals surface area contributed by atoms with E-state index in [0.717, 1.165) is 22.6 Å². The second kappa shape index (κ2) is 8.79. The molecular formula is C21H21ClN4O3. The Morgan fingerprint density at radius 2 is 1.55 bits per heavy atom. The van der Waals surface area contributed by atoms with Crippen molar-refractivity contribution in [3.05, 3.63) is 70.5 Å². The van der Waals surface area contributed by atoms with Crippen molar-refractivity contribution >= 4 is 35.0 Å². The van der Waals surface area contributed by atoms with Crippen molar-refractivity contribution in [1.29, 1.82) is 0 Å². The fourth-order valence-corrected chi connectivity index (χ4v) is 3.16. The Kier molecular flexibility index (Phi) is 6.19. The van der Waals surface area contributed by atoms with Gasteiger partial charge in [0.1, 0.15) is 0 Å². The molecule has 0 atom stereocenters. The van der Waals surface area contributed by atoms with Crippen LogP contribution >= 0.6 is 11.6 Å². The molecule has 29 heavy (non-hydrogen) atoms. The molecule has 0 radical (unpaired) electrons. The lowest BCUT2D eigenvalue weighted by molar-refractivity contribution is -0.136. The summed E-state index contributed by atoms with van der Waals surface area (Å²) in [5.74, 6) is -0.830. The van der Waals surface area contributed by atoms with Gasteiger partial charge >= 0.3 is 12.0 Å². The largest absolute Gasteiger partial charge is 0.481 e. The molecule has 1 heterocycles. The van der Waals surface area contributed by atoms with Crippen LogP contribution in [0.1, 0.15) is 23.4 Å². The van der Waals surface area contributed by atoms with Crippen molar-refractivity contribution in [2.24, 2.45) is 0 Å². The van der Waals surface area contributed by atoms with Crippen molar-refractivity contribution in [3.8, 4) is 5.69 Å². The number of amides is 2. The molecule has 0 bridgehead atoms. The highest BCUT2D eigenvalue weighted by atomic mass is 35.5. The maximum Gasteiger partial charge on any atom is 0.323 e. The zero-order chi connectivity index (χ0) is 21.0. The summed E-state index contributed by atoms with van der Waals surface area (Å²) in [6.45, 7) is 3.79. The summed E-state index contributed by atoms with van der Waals surface area (Å²) < 4.78 is 1.78. The number of nitrogens with zero attached hydrogens (tertiary/aromatic N) is 2. The maximum atomic E-state index is 12.1. The standard InChI is InChI=1S/C21H21ClN4O3/c1-13-19(11-12-20(27)28)14(2)26(25-13)18-9-7-17(8-10-18)24-21(29)23-16-5-3-15(22)4-6-16/h3-10H,11-12H2,1-2H3,(H,27,28)(H2,23,24,29). The number of carboxylic acids is 1. The van der Waals surface area contributed by atoms with Gasteiger partial charge in [0.05, 0.1) is 11.4 Å². The van der Waals surface area contributed by atoms with Crippen molar-refractivity contribution in [2.75, 3.05) is 10.6 Å². The predicted octanol–water partition coefficient (Wildman–Crippen LogP) is 4.80. The maximum absolute atomic E-state index is 12.1. The van der Waals surface area contributed by atoms with Gasteiger partial charge in [-0.3, -0.25) is 4.79 Å². The van der Waals surface area contributed by atoms with Crippen molar-refractivity contribution in [3.63, 3.8) is 0 Å². The van der Waals surface area contributed by atoms with E-state index in [4.69, 9.17) is 16.7 Å². The minimum absolute atomic E-state index is 0.0684. The van der Waals surface area contributed by atoms with Crippen LogP contribution in [-0.2, 0) is 11.2 Å². The molecule has 150 valence electrons. The molecule has 1 aromatic heterocycles. The fourth-order valence-electron chi connectivity index (χ4n) is 3.03. The highest BCUT2D eigenvalue weighted by Gasteiger charge is 2.14. The predicted molar refractivity (Wildman–Crippen MR) is 113 cm³/mol. The van der Waals surface area contributed by atoms with E-state index in [1.165, 1.54) is 0 Å². The Hall–Kier alpha value is -3.32. The van der Waals surface area contributed by atoms with Crippen molar-refractivity contribution in [2.45, 2.75) is 26.7 Å². The molecule has 8 heteroatoms. The van der Waals surface area contributed by atoms with Gasteiger partial charge in [0.2, 0.25) is 0 Å². The summed E-state index contributed by atoms with van der Waals surface area (Å²) in [6, 6.07) is 13.7. The molecule has 2 aromatic carbocycles. The van der Waals surface area contributed by atoms with Gasteiger partial charge in [0.15, 0.2) is 0 Å². The first-order valence-electron chi connectivity index (χ1n) is 9.04. The summed E-state index contributed by atoms with van der Waals surface area (Å²) in [5, 5.41) is 19.5. The second-order valence-electron chi connectivity index (χ2n) is 6.59. The van der Waals surface area contributed by atoms with Crippen LogP contribution in [0.3, 0.4) is 0 Å². The highest BCUT2D eigenvalue weighted by molar-refractivity contribution is 6.30. The Bertz CT molecular complexity index is 1030. The number of carbonyl (C=O) groups excluding carboxylic acids is 1. The van der Waals surface area contributed by atoms with Gasteiger partial charge < -0.3 is 15.7 Å². The first-order valence-corrected chi connectivity index (χ1v) is 9.42. The molecule has 0 unspecified atom stereocenters. The van der Waals surface area contributed by atoms with Crippen LogP contribution in [0.15, 0.2) is 48.5 Å². The monoisotopic (exact) mass is 412 g/mol. The number of benzene rings is 2. The molecule has 0 aliphatic carbocycles. The summed E-state index contributed by atoms with van der Waals surface area (Å²) in [7, 11) is 0. The lowest BCUT2D eigenvalue weighted by atomic mass is 10.1. The molecule has 0 aliphatic heterocycles. The summed E-state index contributed by atoms with van der Waals surface area (Å²) in [4.78, 5) is 23.0. The van der Waals surface area contributed by atoms with Crippen LogP contribution in [-0.4, -0.2) is 26.9 Å². The quantitative estimate of drug-likeness (QED) is 0.541. The van der Waals surface area contributed by atoms with Crippen LogP contribution in [0.5, 0.6) is 0 Å². The molecule has 3 aromatic rings. The summed E-state index contributed by atoms with van der Waals surface area (Å²) in [5.41, 5.74) is 4.76. The molecule has 2 amide bonds. The van der Waals surface area contributed by atoms with Gasteiger partial charge in [0, 0.05) is 28.5 Å². The minimum Gasteiger partial charge on any atom is -0.481 e. The number of aryl methyl sites for hydroxylation is 1. The zero-order valence-corrected chi connectivity index (χ0v) is 16.8.